The van der Waals surface area contributed by atoms with Crippen LogP contribution in [0, 0.1) is 6.92 Å². The number of amides is 1. The van der Waals surface area contributed by atoms with E-state index in [0.717, 1.165) is 21.5 Å². The van der Waals surface area contributed by atoms with Crippen molar-refractivity contribution in [2.75, 3.05) is 0 Å². The number of carbonyl (C=O) groups is 2. The molecule has 7 heteroatoms. The van der Waals surface area contributed by atoms with E-state index in [4.69, 9.17) is 5.11 Å². The molecule has 0 saturated heterocycles. The van der Waals surface area contributed by atoms with Crippen LogP contribution >= 0.6 is 22.7 Å². The summed E-state index contributed by atoms with van der Waals surface area (Å²) in [6, 6.07) is 1.82. The van der Waals surface area contributed by atoms with E-state index in [2.05, 4.69) is 10.3 Å². The predicted molar refractivity (Wildman–Crippen MR) is 79.0 cm³/mol. The Labute approximate surface area is 123 Å². The molecule has 0 unspecified atom stereocenters. The summed E-state index contributed by atoms with van der Waals surface area (Å²) < 4.78 is 0. The first-order valence-corrected chi connectivity index (χ1v) is 7.44. The summed E-state index contributed by atoms with van der Waals surface area (Å²) in [5.74, 6) is -1.16. The van der Waals surface area contributed by atoms with Crippen LogP contribution in [-0.4, -0.2) is 22.0 Å². The van der Waals surface area contributed by atoms with Crippen LogP contribution in [0.2, 0.25) is 0 Å². The molecule has 1 amide bonds. The molecule has 2 N–H and O–H groups in total. The van der Waals surface area contributed by atoms with Crippen molar-refractivity contribution < 1.29 is 14.7 Å². The van der Waals surface area contributed by atoms with Gasteiger partial charge in [0.1, 0.15) is 4.88 Å². The highest BCUT2D eigenvalue weighted by Crippen LogP contribution is 2.19. The minimum absolute atomic E-state index is 0.169. The third kappa shape index (κ3) is 3.75. The molecule has 2 rings (SSSR count). The number of aromatic nitrogens is 1. The largest absolute Gasteiger partial charge is 0.478 e. The standard InChI is InChI=1S/C13H12N2O3S2/c1-8-14-7-11(20-8)13(18)15-6-10-9(4-5-19-10)2-3-12(16)17/h2-5,7H,6H2,1H3,(H,15,18)(H,16,17)/b3-2+. The lowest BCUT2D eigenvalue weighted by atomic mass is 10.2. The molecule has 0 aromatic carbocycles. The summed E-state index contributed by atoms with van der Waals surface area (Å²) >= 11 is 2.81. The lowest BCUT2D eigenvalue weighted by Crippen LogP contribution is -2.21. The summed E-state index contributed by atoms with van der Waals surface area (Å²) in [4.78, 5) is 27.9. The molecule has 0 radical (unpaired) electrons. The lowest BCUT2D eigenvalue weighted by molar-refractivity contribution is -0.131. The number of hydrogen-bond acceptors (Lipinski definition) is 5. The van der Waals surface area contributed by atoms with Gasteiger partial charge in [-0.2, -0.15) is 0 Å². The van der Waals surface area contributed by atoms with E-state index in [-0.39, 0.29) is 5.91 Å². The molecular formula is C13H12N2O3S2. The molecule has 0 atom stereocenters. The number of aryl methyl sites for hydroxylation is 1. The maximum atomic E-state index is 11.9. The fraction of sp³-hybridized carbons (Fsp3) is 0.154. The zero-order valence-corrected chi connectivity index (χ0v) is 12.3. The predicted octanol–water partition coefficient (Wildman–Crippen LogP) is 2.54. The van der Waals surface area contributed by atoms with Crippen molar-refractivity contribution in [3.05, 3.63) is 44.0 Å². The van der Waals surface area contributed by atoms with Gasteiger partial charge in [0.05, 0.1) is 17.7 Å². The molecule has 20 heavy (non-hydrogen) atoms. The number of rotatable bonds is 5. The van der Waals surface area contributed by atoms with E-state index in [1.807, 2.05) is 18.4 Å². The number of hydrogen-bond donors (Lipinski definition) is 2. The van der Waals surface area contributed by atoms with Gasteiger partial charge in [0, 0.05) is 11.0 Å². The Morgan fingerprint density at radius 3 is 2.95 bits per heavy atom. The summed E-state index contributed by atoms with van der Waals surface area (Å²) in [5, 5.41) is 14.1. The van der Waals surface area contributed by atoms with Crippen LogP contribution < -0.4 is 5.32 Å². The Morgan fingerprint density at radius 2 is 2.30 bits per heavy atom. The number of aliphatic carboxylic acids is 1. The second-order valence-electron chi connectivity index (χ2n) is 3.90. The number of thiazole rings is 1. The van der Waals surface area contributed by atoms with Crippen LogP contribution in [0.25, 0.3) is 6.08 Å². The zero-order valence-electron chi connectivity index (χ0n) is 10.6. The van der Waals surface area contributed by atoms with Crippen molar-refractivity contribution in [1.29, 1.82) is 0 Å². The van der Waals surface area contributed by atoms with Gasteiger partial charge in [-0.3, -0.25) is 4.79 Å². The first kappa shape index (κ1) is 14.4. The summed E-state index contributed by atoms with van der Waals surface area (Å²) in [5.41, 5.74) is 0.804. The van der Waals surface area contributed by atoms with E-state index in [9.17, 15) is 9.59 Å². The maximum absolute atomic E-state index is 11.9. The van der Waals surface area contributed by atoms with E-state index in [1.54, 1.807) is 6.20 Å². The molecule has 104 valence electrons. The van der Waals surface area contributed by atoms with Crippen LogP contribution in [0.4, 0.5) is 0 Å². The van der Waals surface area contributed by atoms with Crippen molar-refractivity contribution >= 4 is 40.6 Å². The average Bonchev–Trinajstić information content (AvgIpc) is 3.02. The van der Waals surface area contributed by atoms with E-state index in [1.165, 1.54) is 28.7 Å². The van der Waals surface area contributed by atoms with Crippen LogP contribution in [0.15, 0.2) is 23.7 Å². The number of nitrogens with zero attached hydrogens (tertiary/aromatic N) is 1. The summed E-state index contributed by atoms with van der Waals surface area (Å²) in [7, 11) is 0. The number of thiophene rings is 1. The van der Waals surface area contributed by atoms with Gasteiger partial charge in [-0.05, 0) is 30.0 Å². The first-order valence-electron chi connectivity index (χ1n) is 5.74. The van der Waals surface area contributed by atoms with Crippen molar-refractivity contribution in [2.24, 2.45) is 0 Å². The second kappa shape index (κ2) is 6.44. The molecule has 2 aromatic rings. The molecule has 0 fully saturated rings. The molecule has 0 bridgehead atoms. The van der Waals surface area contributed by atoms with Crippen LogP contribution in [0.1, 0.15) is 25.1 Å². The molecule has 2 aromatic heterocycles. The normalized spacial score (nSPS) is 10.8. The highest BCUT2D eigenvalue weighted by molar-refractivity contribution is 7.13. The smallest absolute Gasteiger partial charge is 0.328 e. The molecular weight excluding hydrogens is 296 g/mol. The number of nitrogens with one attached hydrogen (secondary N) is 1. The first-order chi connectivity index (χ1) is 9.56. The molecule has 0 aliphatic heterocycles. The second-order valence-corrected chi connectivity index (χ2v) is 6.13. The van der Waals surface area contributed by atoms with Gasteiger partial charge in [0.15, 0.2) is 0 Å². The zero-order chi connectivity index (χ0) is 14.5. The lowest BCUT2D eigenvalue weighted by Gasteiger charge is -2.02. The summed E-state index contributed by atoms with van der Waals surface area (Å²) in [6.45, 7) is 2.21. The van der Waals surface area contributed by atoms with Crippen molar-refractivity contribution in [1.82, 2.24) is 10.3 Å². The Morgan fingerprint density at radius 1 is 1.50 bits per heavy atom. The molecule has 5 nitrogen and oxygen atoms in total. The van der Waals surface area contributed by atoms with Crippen LogP contribution in [0.5, 0.6) is 0 Å². The van der Waals surface area contributed by atoms with Gasteiger partial charge in [0.25, 0.3) is 5.91 Å². The highest BCUT2D eigenvalue weighted by atomic mass is 32.1. The molecule has 2 heterocycles. The maximum Gasteiger partial charge on any atom is 0.328 e. The van der Waals surface area contributed by atoms with Crippen LogP contribution in [0.3, 0.4) is 0 Å². The highest BCUT2D eigenvalue weighted by Gasteiger charge is 2.10. The Balaban J connectivity index is 1.99. The fourth-order valence-electron chi connectivity index (χ4n) is 1.52. The van der Waals surface area contributed by atoms with Gasteiger partial charge in [-0.1, -0.05) is 0 Å². The van der Waals surface area contributed by atoms with Crippen molar-refractivity contribution in [3.8, 4) is 0 Å². The topological polar surface area (TPSA) is 79.3 Å². The van der Waals surface area contributed by atoms with E-state index < -0.39 is 5.97 Å². The minimum Gasteiger partial charge on any atom is -0.478 e. The van der Waals surface area contributed by atoms with Gasteiger partial charge in [-0.15, -0.1) is 22.7 Å². The minimum atomic E-state index is -0.994. The van der Waals surface area contributed by atoms with Crippen molar-refractivity contribution in [2.45, 2.75) is 13.5 Å². The third-order valence-electron chi connectivity index (χ3n) is 2.44. The molecule has 0 spiro atoms. The van der Waals surface area contributed by atoms with Gasteiger partial charge in [-0.25, -0.2) is 9.78 Å². The van der Waals surface area contributed by atoms with Gasteiger partial charge < -0.3 is 10.4 Å². The summed E-state index contributed by atoms with van der Waals surface area (Å²) in [6.07, 6.45) is 4.16. The van der Waals surface area contributed by atoms with E-state index >= 15 is 0 Å². The number of carboxylic acids is 1. The van der Waals surface area contributed by atoms with Gasteiger partial charge >= 0.3 is 5.97 Å². The molecule has 0 saturated carbocycles. The average molecular weight is 308 g/mol. The molecule has 0 aliphatic carbocycles. The van der Waals surface area contributed by atoms with Crippen molar-refractivity contribution in [3.63, 3.8) is 0 Å². The van der Waals surface area contributed by atoms with Gasteiger partial charge in [0.2, 0.25) is 0 Å². The molecule has 0 aliphatic rings. The number of carboxylic acid groups (broad SMARTS) is 1. The Bertz CT molecular complexity index is 658. The quantitative estimate of drug-likeness (QED) is 0.832. The van der Waals surface area contributed by atoms with Crippen LogP contribution in [-0.2, 0) is 11.3 Å². The van der Waals surface area contributed by atoms with E-state index in [0.29, 0.717) is 11.4 Å². The number of carbonyl (C=O) groups excluding carboxylic acids is 1. The Kier molecular flexibility index (Phi) is 4.65. The monoisotopic (exact) mass is 308 g/mol. The Hall–Kier alpha value is -1.99. The third-order valence-corrected chi connectivity index (χ3v) is 4.29. The SMILES string of the molecule is Cc1ncc(C(=O)NCc2sccc2/C=C/C(=O)O)s1. The fourth-order valence-corrected chi connectivity index (χ4v) is 3.02.